The lowest BCUT2D eigenvalue weighted by Crippen LogP contribution is -2.15. The van der Waals surface area contributed by atoms with E-state index in [-0.39, 0.29) is 0 Å². The van der Waals surface area contributed by atoms with Gasteiger partial charge in [0.1, 0.15) is 0 Å². The van der Waals surface area contributed by atoms with Crippen LogP contribution in [0, 0.1) is 11.3 Å². The smallest absolute Gasteiger partial charge is 0.0720 e. The molecule has 0 N–H and O–H groups in total. The van der Waals surface area contributed by atoms with Crippen molar-refractivity contribution in [1.29, 1.82) is 0 Å². The lowest BCUT2D eigenvalue weighted by atomic mass is 9.77. The Balaban J connectivity index is 2.78. The van der Waals surface area contributed by atoms with Crippen molar-refractivity contribution >= 4 is 6.05 Å². The van der Waals surface area contributed by atoms with Crippen LogP contribution in [-0.4, -0.2) is 0 Å². The van der Waals surface area contributed by atoms with Crippen molar-refractivity contribution in [3.8, 4) is 0 Å². The van der Waals surface area contributed by atoms with Crippen LogP contribution in [0.25, 0.3) is 6.05 Å². The van der Waals surface area contributed by atoms with Crippen molar-refractivity contribution in [2.75, 3.05) is 0 Å². The molecule has 0 radical (unpaired) electrons. The molecule has 1 aromatic carbocycles. The molecule has 116 valence electrons. The summed E-state index contributed by atoms with van der Waals surface area (Å²) in [5, 5.41) is 0. The third-order valence-electron chi connectivity index (χ3n) is 4.30. The lowest BCUT2D eigenvalue weighted by molar-refractivity contribution is 0.265. The van der Waals surface area contributed by atoms with E-state index in [1.807, 2.05) is 30.3 Å². The molecule has 0 saturated heterocycles. The van der Waals surface area contributed by atoms with Crippen molar-refractivity contribution in [3.05, 3.63) is 47.2 Å². The maximum absolute atomic E-state index is 8.19. The van der Waals surface area contributed by atoms with Crippen molar-refractivity contribution in [1.82, 2.24) is 0 Å². The van der Waals surface area contributed by atoms with Gasteiger partial charge in [0.25, 0.3) is 0 Å². The molecule has 0 heteroatoms. The molecule has 0 aliphatic carbocycles. The van der Waals surface area contributed by atoms with Crippen LogP contribution in [0.15, 0.2) is 41.6 Å². The van der Waals surface area contributed by atoms with E-state index in [1.165, 1.54) is 31.3 Å². The van der Waals surface area contributed by atoms with E-state index in [0.717, 1.165) is 17.9 Å². The molecule has 21 heavy (non-hydrogen) atoms. The summed E-state index contributed by atoms with van der Waals surface area (Å²) in [6.07, 6.45) is 6.09. The first kappa shape index (κ1) is 16.1. The second-order valence-corrected chi connectivity index (χ2v) is 7.02. The van der Waals surface area contributed by atoms with Gasteiger partial charge in [-0.25, -0.2) is 0 Å². The SMILES string of the molecule is [2H]C(=C=C(C)CC(C)(CC)CCCC(C)C)c1ccccc1. The van der Waals surface area contributed by atoms with Gasteiger partial charge in [-0.05, 0) is 48.3 Å². The van der Waals surface area contributed by atoms with E-state index >= 15 is 0 Å². The van der Waals surface area contributed by atoms with Crippen molar-refractivity contribution in [3.63, 3.8) is 0 Å². The first-order valence-electron chi connectivity index (χ1n) is 8.84. The fourth-order valence-corrected chi connectivity index (χ4v) is 2.71. The normalized spacial score (nSPS) is 14.3. The second kappa shape index (κ2) is 8.90. The van der Waals surface area contributed by atoms with Gasteiger partial charge in [0.05, 0.1) is 1.37 Å². The molecule has 1 rings (SSSR count). The Morgan fingerprint density at radius 3 is 2.57 bits per heavy atom. The monoisotopic (exact) mass is 285 g/mol. The van der Waals surface area contributed by atoms with E-state index in [0.29, 0.717) is 11.5 Å². The Labute approximate surface area is 133 Å². The summed E-state index contributed by atoms with van der Waals surface area (Å²) < 4.78 is 8.19. The average Bonchev–Trinajstić information content (AvgIpc) is 2.47. The van der Waals surface area contributed by atoms with Gasteiger partial charge in [0, 0.05) is 0 Å². The van der Waals surface area contributed by atoms with E-state index in [4.69, 9.17) is 1.37 Å². The Bertz CT molecular complexity index is 506. The van der Waals surface area contributed by atoms with Gasteiger partial charge in [-0.15, -0.1) is 5.73 Å². The number of hydrogen-bond acceptors (Lipinski definition) is 0. The first-order chi connectivity index (χ1) is 10.4. The van der Waals surface area contributed by atoms with E-state index in [2.05, 4.69) is 40.3 Å². The highest BCUT2D eigenvalue weighted by Crippen LogP contribution is 2.35. The predicted molar refractivity (Wildman–Crippen MR) is 95.3 cm³/mol. The minimum absolute atomic E-state index is 0.336. The molecule has 1 unspecified atom stereocenters. The summed E-state index contributed by atoms with van der Waals surface area (Å²) in [4.78, 5) is 0. The van der Waals surface area contributed by atoms with Gasteiger partial charge in [-0.3, -0.25) is 0 Å². The predicted octanol–water partition coefficient (Wildman–Crippen LogP) is 6.88. The third kappa shape index (κ3) is 7.34. The summed E-state index contributed by atoms with van der Waals surface area (Å²) in [5.41, 5.74) is 5.76. The topological polar surface area (TPSA) is 0 Å². The Hall–Kier alpha value is -1.26. The van der Waals surface area contributed by atoms with E-state index < -0.39 is 0 Å². The van der Waals surface area contributed by atoms with Gasteiger partial charge in [0.2, 0.25) is 0 Å². The Kier molecular flexibility index (Phi) is 6.83. The summed E-state index contributed by atoms with van der Waals surface area (Å²) in [6, 6.07) is 10.4. The van der Waals surface area contributed by atoms with E-state index in [9.17, 15) is 0 Å². The summed E-state index contributed by atoms with van der Waals surface area (Å²) in [5.74, 6) is 0.788. The van der Waals surface area contributed by atoms with Crippen LogP contribution >= 0.6 is 0 Å². The molecule has 0 spiro atoms. The second-order valence-electron chi connectivity index (χ2n) is 7.02. The molecule has 1 aromatic rings. The highest BCUT2D eigenvalue weighted by Gasteiger charge is 2.22. The number of rotatable bonds is 8. The standard InChI is InChI=1S/C21H32/c1-6-21(5,16-10-11-18(2)3)17-19(4)14-15-20-12-8-7-9-13-20/h7-9,12-13,15,18H,6,10-11,16-17H2,1-5H3/i15D. The quantitative estimate of drug-likeness (QED) is 0.457. The molecule has 0 aliphatic heterocycles. The van der Waals surface area contributed by atoms with Crippen LogP contribution in [0.5, 0.6) is 0 Å². The number of hydrogen-bond donors (Lipinski definition) is 0. The zero-order chi connectivity index (χ0) is 16.6. The van der Waals surface area contributed by atoms with Crippen molar-refractivity contribution < 1.29 is 1.37 Å². The van der Waals surface area contributed by atoms with Crippen LogP contribution in [0.3, 0.4) is 0 Å². The van der Waals surface area contributed by atoms with Gasteiger partial charge in [0.15, 0.2) is 0 Å². The molecule has 0 heterocycles. The summed E-state index contributed by atoms with van der Waals surface area (Å²) in [6.45, 7) is 11.4. The largest absolute Gasteiger partial charge is 0.121 e. The molecule has 0 saturated carbocycles. The van der Waals surface area contributed by atoms with Gasteiger partial charge in [-0.1, -0.05) is 77.3 Å². The zero-order valence-electron chi connectivity index (χ0n) is 15.5. The molecule has 0 nitrogen and oxygen atoms in total. The van der Waals surface area contributed by atoms with Gasteiger partial charge >= 0.3 is 0 Å². The summed E-state index contributed by atoms with van der Waals surface area (Å²) in [7, 11) is 0. The molecule has 0 amide bonds. The maximum Gasteiger partial charge on any atom is 0.0720 e. The fraction of sp³-hybridized carbons (Fsp3) is 0.571. The van der Waals surface area contributed by atoms with Gasteiger partial charge < -0.3 is 0 Å². The fourth-order valence-electron chi connectivity index (χ4n) is 2.71. The van der Waals surface area contributed by atoms with Gasteiger partial charge in [-0.2, -0.15) is 0 Å². The average molecular weight is 285 g/mol. The molecular formula is C21H32. The highest BCUT2D eigenvalue weighted by atomic mass is 14.3. The molecular weight excluding hydrogens is 252 g/mol. The number of benzene rings is 1. The maximum atomic E-state index is 8.19. The minimum Gasteiger partial charge on any atom is -0.121 e. The Morgan fingerprint density at radius 2 is 2.00 bits per heavy atom. The molecule has 1 atom stereocenters. The lowest BCUT2D eigenvalue weighted by Gasteiger charge is -2.28. The van der Waals surface area contributed by atoms with E-state index in [1.54, 1.807) is 0 Å². The van der Waals surface area contributed by atoms with Crippen LogP contribution in [0.2, 0.25) is 0 Å². The van der Waals surface area contributed by atoms with Crippen molar-refractivity contribution in [2.45, 2.75) is 66.7 Å². The van der Waals surface area contributed by atoms with Crippen LogP contribution in [0.4, 0.5) is 0 Å². The summed E-state index contributed by atoms with van der Waals surface area (Å²) >= 11 is 0. The first-order valence-corrected chi connectivity index (χ1v) is 8.34. The minimum atomic E-state index is 0.336. The van der Waals surface area contributed by atoms with Crippen LogP contribution in [-0.2, 0) is 0 Å². The molecule has 0 bridgehead atoms. The highest BCUT2D eigenvalue weighted by molar-refractivity contribution is 5.48. The van der Waals surface area contributed by atoms with Crippen molar-refractivity contribution in [2.24, 2.45) is 11.3 Å². The molecule has 0 fully saturated rings. The Morgan fingerprint density at radius 1 is 1.33 bits per heavy atom. The zero-order valence-corrected chi connectivity index (χ0v) is 14.5. The molecule has 0 aliphatic rings. The van der Waals surface area contributed by atoms with Crippen LogP contribution < -0.4 is 0 Å². The molecule has 0 aromatic heterocycles. The van der Waals surface area contributed by atoms with Crippen LogP contribution in [0.1, 0.15) is 73.7 Å². The number of allylic oxidation sites excluding steroid dienone is 1. The third-order valence-corrected chi connectivity index (χ3v) is 4.30.